The van der Waals surface area contributed by atoms with Gasteiger partial charge in [-0.15, -0.1) is 0 Å². The first-order chi connectivity index (χ1) is 22.2. The third-order valence-electron chi connectivity index (χ3n) is 11.5. The lowest BCUT2D eigenvalue weighted by Crippen LogP contribution is -2.64. The molecule has 246 valence electrons. The summed E-state index contributed by atoms with van der Waals surface area (Å²) in [5, 5.41) is 12.2. The monoisotopic (exact) mass is 624 g/mol. The van der Waals surface area contributed by atoms with E-state index in [1.54, 1.807) is 0 Å². The topological polar surface area (TPSA) is 110 Å². The van der Waals surface area contributed by atoms with Crippen molar-refractivity contribution in [3.8, 4) is 11.5 Å². The lowest BCUT2D eigenvalue weighted by molar-refractivity contribution is 0.0527. The van der Waals surface area contributed by atoms with E-state index in [-0.39, 0.29) is 36.5 Å². The number of nitrogens with one attached hydrogen (secondary N) is 3. The number of ether oxygens (including phenoxy) is 2. The van der Waals surface area contributed by atoms with Crippen LogP contribution in [0.15, 0.2) is 30.3 Å². The van der Waals surface area contributed by atoms with E-state index in [2.05, 4.69) is 92.7 Å². The van der Waals surface area contributed by atoms with Crippen molar-refractivity contribution in [2.24, 2.45) is 11.5 Å². The molecule has 5 heterocycles. The number of hydrogen-bond acceptors (Lipinski definition) is 8. The summed E-state index contributed by atoms with van der Waals surface area (Å²) in [5.41, 5.74) is 27.6. The van der Waals surface area contributed by atoms with Gasteiger partial charge in [0, 0.05) is 50.4 Å². The van der Waals surface area contributed by atoms with Crippen molar-refractivity contribution in [2.45, 2.75) is 90.6 Å². The number of nitrogens with two attached hydrogens (primary N) is 2. The van der Waals surface area contributed by atoms with Crippen molar-refractivity contribution in [2.75, 3.05) is 39.5 Å². The average molecular weight is 625 g/mol. The molecule has 7 N–H and O–H groups in total. The summed E-state index contributed by atoms with van der Waals surface area (Å²) < 4.78 is 12.3. The molecule has 1 fully saturated rings. The summed E-state index contributed by atoms with van der Waals surface area (Å²) in [6.07, 6.45) is 2.04. The van der Waals surface area contributed by atoms with E-state index in [0.29, 0.717) is 6.54 Å². The number of benzene rings is 3. The first-order valence-electron chi connectivity index (χ1n) is 17.2. The third kappa shape index (κ3) is 4.97. The molecule has 2 bridgehead atoms. The first kappa shape index (κ1) is 31.6. The Morgan fingerprint density at radius 1 is 0.978 bits per heavy atom. The fourth-order valence-electron chi connectivity index (χ4n) is 8.88. The van der Waals surface area contributed by atoms with Gasteiger partial charge in [-0.1, -0.05) is 37.3 Å². The molecule has 1 saturated heterocycles. The minimum atomic E-state index is -0.283. The normalized spacial score (nSPS) is 26.2. The zero-order valence-electron chi connectivity index (χ0n) is 28.5. The smallest absolute Gasteiger partial charge is 0.231 e. The minimum absolute atomic E-state index is 0.0238. The minimum Gasteiger partial charge on any atom is -0.453 e. The van der Waals surface area contributed by atoms with E-state index in [4.69, 9.17) is 20.9 Å². The summed E-state index contributed by atoms with van der Waals surface area (Å²) in [5.74, 6) is 1.79. The Bertz CT molecular complexity index is 1660. The van der Waals surface area contributed by atoms with Gasteiger partial charge >= 0.3 is 0 Å². The summed E-state index contributed by atoms with van der Waals surface area (Å²) >= 11 is 0. The molecular formula is C38H52N6O2. The van der Waals surface area contributed by atoms with Crippen LogP contribution >= 0.6 is 0 Å². The van der Waals surface area contributed by atoms with Crippen LogP contribution in [0, 0.1) is 34.6 Å². The molecule has 8 nitrogen and oxygen atoms in total. The molecule has 5 aliphatic heterocycles. The summed E-state index contributed by atoms with van der Waals surface area (Å²) in [6.45, 7) is 18.2. The van der Waals surface area contributed by atoms with Crippen LogP contribution in [0.1, 0.15) is 92.7 Å². The maximum absolute atomic E-state index is 7.53. The van der Waals surface area contributed by atoms with Gasteiger partial charge in [-0.25, -0.2) is 0 Å². The standard InChI is InChI=1S/C38H52N6O2/c1-7-12-44-31-17-41-18-38(30-15-27(16-39)22(3)13-26(30)10-11-43-38)19-42-34(29-14-23(4)36-37(32(29)31)46-20-45-36)35(44)33(40)28-9-8-21(2)24(5)25(28)6/h8-9,13-15,31,33-35,41-43H,7,10-12,16-20,39-40H2,1-6H3/t31-,33+,34+,35+,38?/m0/s1. The molecule has 3 aromatic carbocycles. The molecule has 5 aliphatic rings. The van der Waals surface area contributed by atoms with Crippen LogP contribution in [-0.4, -0.2) is 50.5 Å². The number of rotatable bonds is 5. The molecule has 0 aliphatic carbocycles. The van der Waals surface area contributed by atoms with Crippen LogP contribution in [-0.2, 0) is 18.5 Å². The molecule has 1 unspecified atom stereocenters. The van der Waals surface area contributed by atoms with E-state index in [1.165, 1.54) is 55.6 Å². The SMILES string of the molecule is CCCN1[C@H]([C@H](N)c2ccc(C)c(C)c2C)[C@@H]2NCC3(CNC[C@H]1c1c2cc(C)c2c1OCO2)NCCc1cc(C)c(CN)cc13. The van der Waals surface area contributed by atoms with Gasteiger partial charge in [-0.05, 0) is 110 Å². The first-order valence-corrected chi connectivity index (χ1v) is 17.2. The molecule has 8 rings (SSSR count). The number of nitrogens with zero attached hydrogens (tertiary/aromatic N) is 1. The van der Waals surface area contributed by atoms with Crippen LogP contribution in [0.5, 0.6) is 11.5 Å². The molecule has 46 heavy (non-hydrogen) atoms. The Labute approximate surface area is 274 Å². The highest BCUT2D eigenvalue weighted by Gasteiger charge is 2.49. The molecule has 5 atom stereocenters. The van der Waals surface area contributed by atoms with Gasteiger partial charge in [0.15, 0.2) is 11.5 Å². The second-order valence-corrected chi connectivity index (χ2v) is 14.1. The zero-order chi connectivity index (χ0) is 32.3. The van der Waals surface area contributed by atoms with Crippen LogP contribution in [0.25, 0.3) is 0 Å². The van der Waals surface area contributed by atoms with E-state index < -0.39 is 0 Å². The largest absolute Gasteiger partial charge is 0.453 e. The summed E-state index contributed by atoms with van der Waals surface area (Å²) in [6, 6.07) is 11.5. The van der Waals surface area contributed by atoms with E-state index in [9.17, 15) is 0 Å². The van der Waals surface area contributed by atoms with Crippen molar-refractivity contribution < 1.29 is 9.47 Å². The highest BCUT2D eigenvalue weighted by Crippen LogP contribution is 2.52. The molecule has 8 heteroatoms. The number of hydrogen-bond donors (Lipinski definition) is 5. The fourth-order valence-corrected chi connectivity index (χ4v) is 8.88. The molecule has 0 amide bonds. The van der Waals surface area contributed by atoms with Gasteiger partial charge in [0.1, 0.15) is 0 Å². The number of fused-ring (bicyclic) bond motifs is 6. The fraction of sp³-hybridized carbons (Fsp3) is 0.526. The molecular weight excluding hydrogens is 572 g/mol. The Balaban J connectivity index is 1.41. The molecule has 0 aromatic heterocycles. The molecule has 3 aromatic rings. The van der Waals surface area contributed by atoms with E-state index in [1.807, 2.05) is 0 Å². The Morgan fingerprint density at radius 3 is 2.57 bits per heavy atom. The van der Waals surface area contributed by atoms with Crippen LogP contribution in [0.3, 0.4) is 0 Å². The predicted octanol–water partition coefficient (Wildman–Crippen LogP) is 4.53. The highest BCUT2D eigenvalue weighted by molar-refractivity contribution is 5.60. The Morgan fingerprint density at radius 2 is 1.78 bits per heavy atom. The molecule has 0 saturated carbocycles. The number of aryl methyl sites for hydroxylation is 3. The quantitative estimate of drug-likeness (QED) is 0.282. The van der Waals surface area contributed by atoms with Crippen LogP contribution in [0.2, 0.25) is 0 Å². The Hall–Kier alpha value is -2.98. The summed E-state index contributed by atoms with van der Waals surface area (Å²) in [4.78, 5) is 2.67. The van der Waals surface area contributed by atoms with Gasteiger partial charge in [0.25, 0.3) is 0 Å². The second kappa shape index (κ2) is 12.2. The van der Waals surface area contributed by atoms with Crippen molar-refractivity contribution in [1.82, 2.24) is 20.9 Å². The van der Waals surface area contributed by atoms with Gasteiger partial charge in [0.2, 0.25) is 6.79 Å². The molecule has 1 spiro atoms. The van der Waals surface area contributed by atoms with Crippen molar-refractivity contribution >= 4 is 0 Å². The average Bonchev–Trinajstić information content (AvgIpc) is 3.54. The highest BCUT2D eigenvalue weighted by atomic mass is 16.7. The van der Waals surface area contributed by atoms with Crippen molar-refractivity contribution in [1.29, 1.82) is 0 Å². The van der Waals surface area contributed by atoms with Crippen molar-refractivity contribution in [3.63, 3.8) is 0 Å². The summed E-state index contributed by atoms with van der Waals surface area (Å²) in [7, 11) is 0. The third-order valence-corrected chi connectivity index (χ3v) is 11.5. The van der Waals surface area contributed by atoms with Gasteiger partial charge in [-0.2, -0.15) is 0 Å². The van der Waals surface area contributed by atoms with Gasteiger partial charge < -0.3 is 36.9 Å². The van der Waals surface area contributed by atoms with Crippen LogP contribution < -0.4 is 36.9 Å². The Kier molecular flexibility index (Phi) is 8.41. The lowest BCUT2D eigenvalue weighted by Gasteiger charge is -2.53. The molecule has 0 radical (unpaired) electrons. The van der Waals surface area contributed by atoms with Gasteiger partial charge in [0.05, 0.1) is 17.6 Å². The lowest BCUT2D eigenvalue weighted by atomic mass is 9.75. The maximum atomic E-state index is 7.53. The van der Waals surface area contributed by atoms with Crippen molar-refractivity contribution in [3.05, 3.63) is 91.5 Å². The zero-order valence-corrected chi connectivity index (χ0v) is 28.5. The van der Waals surface area contributed by atoms with E-state index in [0.717, 1.165) is 62.6 Å². The van der Waals surface area contributed by atoms with Gasteiger partial charge in [-0.3, -0.25) is 4.90 Å². The second-order valence-electron chi connectivity index (χ2n) is 14.1. The van der Waals surface area contributed by atoms with E-state index >= 15 is 0 Å². The predicted molar refractivity (Wildman–Crippen MR) is 184 cm³/mol. The van der Waals surface area contributed by atoms with Crippen LogP contribution in [0.4, 0.5) is 0 Å². The maximum Gasteiger partial charge on any atom is 0.231 e.